The summed E-state index contributed by atoms with van der Waals surface area (Å²) in [6.07, 6.45) is 0. The van der Waals surface area contributed by atoms with Gasteiger partial charge in [0.05, 0.1) is 22.8 Å². The number of ether oxygens (including phenoxy) is 2. The second-order valence-electron chi connectivity index (χ2n) is 8.03. The van der Waals surface area contributed by atoms with Gasteiger partial charge in [-0.1, -0.05) is 31.5 Å². The van der Waals surface area contributed by atoms with Crippen molar-refractivity contribution < 1.29 is 32.3 Å². The van der Waals surface area contributed by atoms with Crippen LogP contribution in [-0.4, -0.2) is 50.4 Å². The molecule has 0 fully saturated rings. The van der Waals surface area contributed by atoms with Crippen LogP contribution in [0.4, 0.5) is 0 Å². The van der Waals surface area contributed by atoms with Crippen LogP contribution in [-0.2, 0) is 24.3 Å². The minimum absolute atomic E-state index is 0.0200. The molecule has 10 heteroatoms. The monoisotopic (exact) mass is 478 g/mol. The normalized spacial score (nSPS) is 12.5. The van der Waals surface area contributed by atoms with Crippen LogP contribution < -0.4 is 4.72 Å². The number of ketones is 1. The molecule has 0 aliphatic heterocycles. The molecule has 0 spiro atoms. The topological polar surface area (TPSA) is 132 Å². The lowest BCUT2D eigenvalue weighted by atomic mass is 10.1. The summed E-state index contributed by atoms with van der Waals surface area (Å²) in [6.45, 7) is 9.65. The molecule has 180 valence electrons. The molecule has 2 aromatic rings. The van der Waals surface area contributed by atoms with Gasteiger partial charge in [0, 0.05) is 5.69 Å². The van der Waals surface area contributed by atoms with Gasteiger partial charge in [-0.25, -0.2) is 13.2 Å². The highest BCUT2D eigenvalue weighted by atomic mass is 32.2. The molecule has 1 heterocycles. The van der Waals surface area contributed by atoms with E-state index in [1.165, 1.54) is 12.1 Å². The number of rotatable bonds is 10. The number of hydrogen-bond acceptors (Lipinski definition) is 7. The van der Waals surface area contributed by atoms with Crippen LogP contribution in [0, 0.1) is 26.7 Å². The molecule has 0 saturated carbocycles. The van der Waals surface area contributed by atoms with Crippen molar-refractivity contribution in [3.63, 3.8) is 0 Å². The average molecular weight is 479 g/mol. The highest BCUT2D eigenvalue weighted by Gasteiger charge is 2.31. The maximum Gasteiger partial charge on any atom is 0.340 e. The molecule has 1 unspecified atom stereocenters. The van der Waals surface area contributed by atoms with Crippen molar-refractivity contribution in [3.8, 4) is 0 Å². The van der Waals surface area contributed by atoms with E-state index >= 15 is 0 Å². The van der Waals surface area contributed by atoms with Gasteiger partial charge in [-0.3, -0.25) is 9.59 Å². The van der Waals surface area contributed by atoms with Crippen molar-refractivity contribution in [2.75, 3.05) is 13.2 Å². The number of nitrogens with one attached hydrogen (secondary N) is 2. The number of esters is 2. The summed E-state index contributed by atoms with van der Waals surface area (Å²) in [4.78, 5) is 40.3. The van der Waals surface area contributed by atoms with Crippen molar-refractivity contribution in [3.05, 3.63) is 52.3 Å². The Morgan fingerprint density at radius 2 is 1.64 bits per heavy atom. The highest BCUT2D eigenvalue weighted by molar-refractivity contribution is 7.89. The largest absolute Gasteiger partial charge is 0.462 e. The third-order valence-electron chi connectivity index (χ3n) is 5.08. The van der Waals surface area contributed by atoms with Crippen LogP contribution in [0.15, 0.2) is 29.2 Å². The van der Waals surface area contributed by atoms with E-state index in [0.717, 1.165) is 5.56 Å². The maximum absolute atomic E-state index is 12.7. The summed E-state index contributed by atoms with van der Waals surface area (Å²) in [5, 5.41) is 0. The number of aromatic nitrogens is 1. The van der Waals surface area contributed by atoms with Crippen LogP contribution in [0.3, 0.4) is 0 Å². The van der Waals surface area contributed by atoms with Crippen molar-refractivity contribution in [1.82, 2.24) is 9.71 Å². The Bertz CT molecular complexity index is 1130. The standard InChI is InChI=1S/C23H30N2O7S/c1-7-31-22(27)19-15(5)21(24-16(19)6)18(26)12-32-23(28)20(13(2)3)25-33(29,30)17-10-8-14(4)9-11-17/h8-11,13,20,24-25H,7,12H2,1-6H3. The van der Waals surface area contributed by atoms with Crippen molar-refractivity contribution >= 4 is 27.7 Å². The lowest BCUT2D eigenvalue weighted by Crippen LogP contribution is -2.45. The van der Waals surface area contributed by atoms with Crippen LogP contribution in [0.2, 0.25) is 0 Å². The summed E-state index contributed by atoms with van der Waals surface area (Å²) in [5.74, 6) is -2.41. The minimum Gasteiger partial charge on any atom is -0.462 e. The molecule has 0 amide bonds. The van der Waals surface area contributed by atoms with Gasteiger partial charge in [-0.2, -0.15) is 4.72 Å². The first-order valence-corrected chi connectivity index (χ1v) is 12.0. The fraction of sp³-hybridized carbons (Fsp3) is 0.435. The van der Waals surface area contributed by atoms with Gasteiger partial charge in [0.2, 0.25) is 15.8 Å². The first kappa shape index (κ1) is 26.3. The van der Waals surface area contributed by atoms with E-state index in [2.05, 4.69) is 9.71 Å². The van der Waals surface area contributed by atoms with Crippen molar-refractivity contribution in [1.29, 1.82) is 0 Å². The number of carbonyl (C=O) groups is 3. The third-order valence-corrected chi connectivity index (χ3v) is 6.53. The summed E-state index contributed by atoms with van der Waals surface area (Å²) in [5.41, 5.74) is 2.15. The van der Waals surface area contributed by atoms with E-state index in [0.29, 0.717) is 11.3 Å². The summed E-state index contributed by atoms with van der Waals surface area (Å²) in [7, 11) is -3.97. The van der Waals surface area contributed by atoms with Crippen molar-refractivity contribution in [2.24, 2.45) is 5.92 Å². The highest BCUT2D eigenvalue weighted by Crippen LogP contribution is 2.20. The molecule has 0 aliphatic rings. The molecular weight excluding hydrogens is 448 g/mol. The second kappa shape index (κ2) is 10.8. The lowest BCUT2D eigenvalue weighted by molar-refractivity contribution is -0.145. The molecule has 33 heavy (non-hydrogen) atoms. The predicted molar refractivity (Wildman–Crippen MR) is 122 cm³/mol. The Balaban J connectivity index is 2.12. The number of benzene rings is 1. The fourth-order valence-electron chi connectivity index (χ4n) is 3.25. The Morgan fingerprint density at radius 3 is 2.18 bits per heavy atom. The third kappa shape index (κ3) is 6.29. The number of Topliss-reactive ketones (excluding diaryl/α,β-unsaturated/α-hetero) is 1. The molecule has 1 aromatic carbocycles. The van der Waals surface area contributed by atoms with Gasteiger partial charge in [0.1, 0.15) is 6.04 Å². The zero-order valence-electron chi connectivity index (χ0n) is 19.6. The van der Waals surface area contributed by atoms with Gasteiger partial charge in [-0.15, -0.1) is 0 Å². The maximum atomic E-state index is 12.7. The molecule has 2 rings (SSSR count). The molecule has 0 saturated heterocycles. The molecule has 0 aliphatic carbocycles. The van der Waals surface area contributed by atoms with Crippen LogP contribution in [0.1, 0.15) is 58.4 Å². The minimum atomic E-state index is -3.97. The number of carbonyl (C=O) groups excluding carboxylic acids is 3. The van der Waals surface area contributed by atoms with Gasteiger partial charge in [0.15, 0.2) is 6.61 Å². The van der Waals surface area contributed by atoms with E-state index in [-0.39, 0.29) is 22.8 Å². The Kier molecular flexibility index (Phi) is 8.57. The van der Waals surface area contributed by atoms with Crippen LogP contribution >= 0.6 is 0 Å². The van der Waals surface area contributed by atoms with E-state index < -0.39 is 46.3 Å². The molecule has 1 aromatic heterocycles. The van der Waals surface area contributed by atoms with E-state index in [1.807, 2.05) is 6.92 Å². The molecule has 9 nitrogen and oxygen atoms in total. The van der Waals surface area contributed by atoms with Gasteiger partial charge < -0.3 is 14.5 Å². The molecule has 0 radical (unpaired) electrons. The van der Waals surface area contributed by atoms with Crippen molar-refractivity contribution in [2.45, 2.75) is 52.5 Å². The SMILES string of the molecule is CCOC(=O)c1c(C)[nH]c(C(=O)COC(=O)C(NS(=O)(=O)c2ccc(C)cc2)C(C)C)c1C. The second-order valence-corrected chi connectivity index (χ2v) is 9.75. The van der Waals surface area contributed by atoms with Gasteiger partial charge in [-0.05, 0) is 51.3 Å². The molecule has 1 atom stereocenters. The predicted octanol–water partition coefficient (Wildman–Crippen LogP) is 2.85. The smallest absolute Gasteiger partial charge is 0.340 e. The zero-order valence-corrected chi connectivity index (χ0v) is 20.5. The van der Waals surface area contributed by atoms with E-state index in [1.54, 1.807) is 46.8 Å². The summed E-state index contributed by atoms with van der Waals surface area (Å²) >= 11 is 0. The number of sulfonamides is 1. The van der Waals surface area contributed by atoms with Gasteiger partial charge >= 0.3 is 11.9 Å². The first-order valence-electron chi connectivity index (χ1n) is 10.5. The Labute approximate surface area is 193 Å². The van der Waals surface area contributed by atoms with Gasteiger partial charge in [0.25, 0.3) is 0 Å². The quantitative estimate of drug-likeness (QED) is 0.396. The molecule has 2 N–H and O–H groups in total. The van der Waals surface area contributed by atoms with E-state index in [9.17, 15) is 22.8 Å². The fourth-order valence-corrected chi connectivity index (χ4v) is 4.58. The molecule has 0 bridgehead atoms. The van der Waals surface area contributed by atoms with E-state index in [4.69, 9.17) is 9.47 Å². The number of hydrogen-bond donors (Lipinski definition) is 2. The Hall–Kier alpha value is -2.98. The average Bonchev–Trinajstić information content (AvgIpc) is 3.04. The van der Waals surface area contributed by atoms with Crippen LogP contribution in [0.5, 0.6) is 0 Å². The summed E-state index contributed by atoms with van der Waals surface area (Å²) in [6, 6.07) is 5.01. The molecular formula is C23H30N2O7S. The number of H-pyrrole nitrogens is 1. The summed E-state index contributed by atoms with van der Waals surface area (Å²) < 4.78 is 37.9. The zero-order chi connectivity index (χ0) is 24.9. The Morgan fingerprint density at radius 1 is 1.03 bits per heavy atom. The number of aromatic amines is 1. The van der Waals surface area contributed by atoms with Crippen LogP contribution in [0.25, 0.3) is 0 Å². The lowest BCUT2D eigenvalue weighted by Gasteiger charge is -2.20. The number of aryl methyl sites for hydroxylation is 2. The first-order chi connectivity index (χ1) is 15.4.